The first-order chi connectivity index (χ1) is 8.38. The molecular formula is C12H10N4O. The van der Waals surface area contributed by atoms with Crippen LogP contribution in [0, 0.1) is 0 Å². The van der Waals surface area contributed by atoms with Crippen LogP contribution in [0.5, 0.6) is 5.75 Å². The Morgan fingerprint density at radius 1 is 1.12 bits per heavy atom. The molecule has 2 heterocycles. The van der Waals surface area contributed by atoms with Gasteiger partial charge in [-0.05, 0) is 36.4 Å². The van der Waals surface area contributed by atoms with Crippen LogP contribution in [-0.2, 0) is 0 Å². The zero-order valence-corrected chi connectivity index (χ0v) is 9.24. The minimum absolute atomic E-state index is 0.748. The van der Waals surface area contributed by atoms with Crippen LogP contribution in [0.4, 0.5) is 0 Å². The van der Waals surface area contributed by atoms with E-state index in [9.17, 15) is 0 Å². The number of hydrogen-bond donors (Lipinski definition) is 0. The molecule has 0 saturated heterocycles. The smallest absolute Gasteiger partial charge is 0.183 e. The average Bonchev–Trinajstić information content (AvgIpc) is 2.83. The molecule has 84 valence electrons. The van der Waals surface area contributed by atoms with Crippen molar-refractivity contribution in [2.75, 3.05) is 7.11 Å². The van der Waals surface area contributed by atoms with Crippen LogP contribution in [0.2, 0.25) is 0 Å². The molecule has 5 heteroatoms. The minimum atomic E-state index is 0.748. The van der Waals surface area contributed by atoms with Crippen molar-refractivity contribution in [2.24, 2.45) is 0 Å². The Morgan fingerprint density at radius 3 is 2.71 bits per heavy atom. The van der Waals surface area contributed by atoms with Gasteiger partial charge in [-0.15, -0.1) is 5.10 Å². The minimum Gasteiger partial charge on any atom is -0.497 e. The summed E-state index contributed by atoms with van der Waals surface area (Å²) in [7, 11) is 1.64. The predicted octanol–water partition coefficient (Wildman–Crippen LogP) is 1.82. The summed E-state index contributed by atoms with van der Waals surface area (Å²) in [5.41, 5.74) is 2.44. The lowest BCUT2D eigenvalue weighted by atomic mass is 10.3. The van der Waals surface area contributed by atoms with Crippen LogP contribution in [0.15, 0.2) is 42.6 Å². The molecule has 5 nitrogen and oxygen atoms in total. The molecule has 0 aliphatic rings. The standard InChI is InChI=1S/C12H10N4O/c1-17-10-6-4-9(5-7-10)16-12-11(14-15-16)3-2-8-13-12/h2-8H,1H3. The number of ether oxygens (including phenoxy) is 1. The summed E-state index contributed by atoms with van der Waals surface area (Å²) >= 11 is 0. The lowest BCUT2D eigenvalue weighted by Crippen LogP contribution is -1.97. The molecule has 0 bridgehead atoms. The van der Waals surface area contributed by atoms with Crippen molar-refractivity contribution < 1.29 is 4.74 Å². The quantitative estimate of drug-likeness (QED) is 0.668. The number of pyridine rings is 1. The van der Waals surface area contributed by atoms with Gasteiger partial charge in [0.2, 0.25) is 0 Å². The van der Waals surface area contributed by atoms with E-state index < -0.39 is 0 Å². The Balaban J connectivity index is 2.13. The Kier molecular flexibility index (Phi) is 2.22. The molecule has 0 N–H and O–H groups in total. The lowest BCUT2D eigenvalue weighted by molar-refractivity contribution is 0.414. The maximum atomic E-state index is 5.11. The Hall–Kier alpha value is -2.43. The summed E-state index contributed by atoms with van der Waals surface area (Å²) in [6.45, 7) is 0. The molecule has 0 saturated carbocycles. The average molecular weight is 226 g/mol. The van der Waals surface area contributed by atoms with Crippen molar-refractivity contribution in [1.82, 2.24) is 20.0 Å². The third-order valence-electron chi connectivity index (χ3n) is 2.53. The van der Waals surface area contributed by atoms with Crippen LogP contribution in [0.1, 0.15) is 0 Å². The normalized spacial score (nSPS) is 10.6. The largest absolute Gasteiger partial charge is 0.497 e. The van der Waals surface area contributed by atoms with Gasteiger partial charge < -0.3 is 4.74 Å². The first-order valence-corrected chi connectivity index (χ1v) is 5.19. The van der Waals surface area contributed by atoms with Crippen LogP contribution < -0.4 is 4.74 Å². The molecule has 1 aromatic carbocycles. The fraction of sp³-hybridized carbons (Fsp3) is 0.0833. The number of aromatic nitrogens is 4. The third-order valence-corrected chi connectivity index (χ3v) is 2.53. The van der Waals surface area contributed by atoms with Gasteiger partial charge in [0.05, 0.1) is 12.8 Å². The van der Waals surface area contributed by atoms with E-state index in [1.54, 1.807) is 18.0 Å². The monoisotopic (exact) mass is 226 g/mol. The van der Waals surface area contributed by atoms with Crippen molar-refractivity contribution >= 4 is 11.2 Å². The first kappa shape index (κ1) is 9.77. The predicted molar refractivity (Wildman–Crippen MR) is 63.2 cm³/mol. The lowest BCUT2D eigenvalue weighted by Gasteiger charge is -2.03. The van der Waals surface area contributed by atoms with Gasteiger partial charge in [0.25, 0.3) is 0 Å². The summed E-state index contributed by atoms with van der Waals surface area (Å²) in [6.07, 6.45) is 1.73. The van der Waals surface area contributed by atoms with Crippen molar-refractivity contribution in [3.8, 4) is 11.4 Å². The van der Waals surface area contributed by atoms with E-state index in [1.807, 2.05) is 36.4 Å². The van der Waals surface area contributed by atoms with Crippen molar-refractivity contribution in [1.29, 1.82) is 0 Å². The van der Waals surface area contributed by atoms with E-state index in [-0.39, 0.29) is 0 Å². The molecular weight excluding hydrogens is 216 g/mol. The van der Waals surface area contributed by atoms with Gasteiger partial charge in [-0.3, -0.25) is 0 Å². The second-order valence-electron chi connectivity index (χ2n) is 3.55. The summed E-state index contributed by atoms with van der Waals surface area (Å²) in [4.78, 5) is 4.27. The van der Waals surface area contributed by atoms with Gasteiger partial charge >= 0.3 is 0 Å². The fourth-order valence-electron chi connectivity index (χ4n) is 1.66. The highest BCUT2D eigenvalue weighted by atomic mass is 16.5. The zero-order chi connectivity index (χ0) is 11.7. The van der Waals surface area contributed by atoms with E-state index in [0.29, 0.717) is 0 Å². The molecule has 2 aromatic heterocycles. The van der Waals surface area contributed by atoms with Crippen LogP contribution in [0.25, 0.3) is 16.9 Å². The Bertz CT molecular complexity index is 645. The number of hydrogen-bond acceptors (Lipinski definition) is 4. The van der Waals surface area contributed by atoms with Crippen LogP contribution in [0.3, 0.4) is 0 Å². The van der Waals surface area contributed by atoms with Crippen LogP contribution in [-0.4, -0.2) is 27.1 Å². The number of benzene rings is 1. The highest BCUT2D eigenvalue weighted by Crippen LogP contribution is 2.17. The number of methoxy groups -OCH3 is 1. The summed E-state index contributed by atoms with van der Waals surface area (Å²) in [5, 5.41) is 8.14. The molecule has 3 aromatic rings. The van der Waals surface area contributed by atoms with E-state index in [0.717, 1.165) is 22.6 Å². The van der Waals surface area contributed by atoms with E-state index in [2.05, 4.69) is 15.3 Å². The Labute approximate surface area is 97.7 Å². The van der Waals surface area contributed by atoms with Gasteiger partial charge in [0, 0.05) is 6.20 Å². The van der Waals surface area contributed by atoms with Crippen molar-refractivity contribution in [3.05, 3.63) is 42.6 Å². The first-order valence-electron chi connectivity index (χ1n) is 5.19. The molecule has 3 rings (SSSR count). The second-order valence-corrected chi connectivity index (χ2v) is 3.55. The van der Waals surface area contributed by atoms with E-state index in [1.165, 1.54) is 0 Å². The molecule has 0 aliphatic heterocycles. The molecule has 0 atom stereocenters. The SMILES string of the molecule is COc1ccc(-n2nnc3cccnc32)cc1. The Morgan fingerprint density at radius 2 is 1.94 bits per heavy atom. The molecule has 0 spiro atoms. The van der Waals surface area contributed by atoms with Gasteiger partial charge in [-0.1, -0.05) is 5.21 Å². The summed E-state index contributed by atoms with van der Waals surface area (Å²) < 4.78 is 6.82. The summed E-state index contributed by atoms with van der Waals surface area (Å²) in [5.74, 6) is 0.811. The van der Waals surface area contributed by atoms with Gasteiger partial charge in [-0.25, -0.2) is 4.98 Å². The zero-order valence-electron chi connectivity index (χ0n) is 9.24. The molecule has 17 heavy (non-hydrogen) atoms. The third kappa shape index (κ3) is 1.61. The van der Waals surface area contributed by atoms with Gasteiger partial charge in [-0.2, -0.15) is 4.68 Å². The highest BCUT2D eigenvalue weighted by Gasteiger charge is 2.06. The second kappa shape index (κ2) is 3.86. The molecule has 0 radical (unpaired) electrons. The highest BCUT2D eigenvalue weighted by molar-refractivity contribution is 5.71. The van der Waals surface area contributed by atoms with Gasteiger partial charge in [0.15, 0.2) is 5.65 Å². The van der Waals surface area contributed by atoms with Crippen LogP contribution >= 0.6 is 0 Å². The fourth-order valence-corrected chi connectivity index (χ4v) is 1.66. The molecule has 0 unspecified atom stereocenters. The van der Waals surface area contributed by atoms with E-state index >= 15 is 0 Å². The number of rotatable bonds is 2. The van der Waals surface area contributed by atoms with Gasteiger partial charge in [0.1, 0.15) is 11.3 Å². The topological polar surface area (TPSA) is 52.8 Å². The molecule has 0 amide bonds. The van der Waals surface area contributed by atoms with Crippen molar-refractivity contribution in [2.45, 2.75) is 0 Å². The maximum Gasteiger partial charge on any atom is 0.183 e. The maximum absolute atomic E-state index is 5.11. The number of fused-ring (bicyclic) bond motifs is 1. The number of nitrogens with zero attached hydrogens (tertiary/aromatic N) is 4. The molecule has 0 aliphatic carbocycles. The van der Waals surface area contributed by atoms with E-state index in [4.69, 9.17) is 4.74 Å². The van der Waals surface area contributed by atoms with Crippen molar-refractivity contribution in [3.63, 3.8) is 0 Å². The summed E-state index contributed by atoms with van der Waals surface area (Å²) in [6, 6.07) is 11.3. The molecule has 0 fully saturated rings.